The van der Waals surface area contributed by atoms with Crippen molar-refractivity contribution in [3.8, 4) is 11.5 Å². The van der Waals surface area contributed by atoms with Gasteiger partial charge in [-0.2, -0.15) is 0 Å². The number of carbonyl (C=O) groups excluding carboxylic acids is 1. The fourth-order valence-corrected chi connectivity index (χ4v) is 2.33. The Morgan fingerprint density at radius 2 is 1.78 bits per heavy atom. The number of hydrogen-bond donors (Lipinski definition) is 1. The van der Waals surface area contributed by atoms with E-state index in [9.17, 15) is 4.79 Å². The highest BCUT2D eigenvalue weighted by Gasteiger charge is 2.21. The first kappa shape index (κ1) is 16.8. The molecular formula is C18H21NO4. The first-order chi connectivity index (χ1) is 11.2. The zero-order valence-corrected chi connectivity index (χ0v) is 13.5. The van der Waals surface area contributed by atoms with Gasteiger partial charge < -0.3 is 14.2 Å². The van der Waals surface area contributed by atoms with Gasteiger partial charge in [-0.05, 0) is 23.8 Å². The van der Waals surface area contributed by atoms with Crippen LogP contribution in [0.4, 0.5) is 0 Å². The summed E-state index contributed by atoms with van der Waals surface area (Å²) in [5, 5.41) is 3.22. The number of esters is 1. The van der Waals surface area contributed by atoms with E-state index in [4.69, 9.17) is 14.2 Å². The van der Waals surface area contributed by atoms with Crippen molar-refractivity contribution in [1.29, 1.82) is 0 Å². The lowest BCUT2D eigenvalue weighted by Gasteiger charge is -2.18. The van der Waals surface area contributed by atoms with Crippen molar-refractivity contribution in [1.82, 2.24) is 5.32 Å². The first-order valence-corrected chi connectivity index (χ1v) is 7.26. The number of methoxy groups -OCH3 is 3. The highest BCUT2D eigenvalue weighted by molar-refractivity contribution is 5.77. The molecule has 0 aliphatic rings. The molecular weight excluding hydrogens is 294 g/mol. The molecule has 23 heavy (non-hydrogen) atoms. The maximum Gasteiger partial charge on any atom is 0.327 e. The van der Waals surface area contributed by atoms with Crippen LogP contribution in [0.1, 0.15) is 17.2 Å². The van der Waals surface area contributed by atoms with Gasteiger partial charge in [0.25, 0.3) is 0 Å². The lowest BCUT2D eigenvalue weighted by atomic mass is 10.1. The molecule has 2 rings (SSSR count). The van der Waals surface area contributed by atoms with Gasteiger partial charge in [-0.3, -0.25) is 5.32 Å². The van der Waals surface area contributed by atoms with E-state index in [1.54, 1.807) is 14.2 Å². The molecule has 0 saturated heterocycles. The normalized spacial score (nSPS) is 11.6. The maximum absolute atomic E-state index is 12.1. The lowest BCUT2D eigenvalue weighted by Crippen LogP contribution is -2.29. The number of carbonyl (C=O) groups is 1. The third-order valence-electron chi connectivity index (χ3n) is 3.55. The quantitative estimate of drug-likeness (QED) is 0.796. The van der Waals surface area contributed by atoms with E-state index in [1.165, 1.54) is 7.11 Å². The van der Waals surface area contributed by atoms with Crippen LogP contribution >= 0.6 is 0 Å². The molecule has 0 aromatic heterocycles. The van der Waals surface area contributed by atoms with E-state index in [2.05, 4.69) is 5.32 Å². The molecule has 2 aromatic carbocycles. The van der Waals surface area contributed by atoms with Crippen molar-refractivity contribution in [3.63, 3.8) is 0 Å². The fraction of sp³-hybridized carbons (Fsp3) is 0.278. The van der Waals surface area contributed by atoms with Crippen LogP contribution < -0.4 is 14.8 Å². The predicted molar refractivity (Wildman–Crippen MR) is 87.6 cm³/mol. The van der Waals surface area contributed by atoms with Gasteiger partial charge in [0.2, 0.25) is 0 Å². The Bertz CT molecular complexity index is 643. The van der Waals surface area contributed by atoms with Gasteiger partial charge in [0.1, 0.15) is 17.5 Å². The predicted octanol–water partition coefficient (Wildman–Crippen LogP) is 2.71. The van der Waals surface area contributed by atoms with Gasteiger partial charge in [0.05, 0.1) is 21.3 Å². The average Bonchev–Trinajstić information content (AvgIpc) is 2.62. The van der Waals surface area contributed by atoms with Gasteiger partial charge in [-0.25, -0.2) is 4.79 Å². The highest BCUT2D eigenvalue weighted by Crippen LogP contribution is 2.25. The summed E-state index contributed by atoms with van der Waals surface area (Å²) in [6.07, 6.45) is 0. The molecule has 5 nitrogen and oxygen atoms in total. The third kappa shape index (κ3) is 4.23. The van der Waals surface area contributed by atoms with Crippen molar-refractivity contribution >= 4 is 5.97 Å². The molecule has 5 heteroatoms. The second-order valence-electron chi connectivity index (χ2n) is 4.93. The Kier molecular flexibility index (Phi) is 6.00. The van der Waals surface area contributed by atoms with Crippen LogP contribution in [0.2, 0.25) is 0 Å². The Hall–Kier alpha value is -2.53. The standard InChI is InChI=1S/C18H21NO4/c1-21-15-9-10-16(22-2)14(11-15)12-19-17(18(20)23-3)13-7-5-4-6-8-13/h4-11,17,19H,12H2,1-3H3. The van der Waals surface area contributed by atoms with E-state index >= 15 is 0 Å². The van der Waals surface area contributed by atoms with Gasteiger partial charge in [0, 0.05) is 12.1 Å². The van der Waals surface area contributed by atoms with Crippen molar-refractivity contribution in [2.24, 2.45) is 0 Å². The van der Waals surface area contributed by atoms with Crippen molar-refractivity contribution < 1.29 is 19.0 Å². The molecule has 0 amide bonds. The monoisotopic (exact) mass is 315 g/mol. The topological polar surface area (TPSA) is 56.8 Å². The van der Waals surface area contributed by atoms with Crippen LogP contribution in [0.5, 0.6) is 11.5 Å². The van der Waals surface area contributed by atoms with Gasteiger partial charge in [0.15, 0.2) is 0 Å². The Labute approximate surface area is 136 Å². The molecule has 0 bridgehead atoms. The van der Waals surface area contributed by atoms with Crippen LogP contribution in [0.25, 0.3) is 0 Å². The number of hydrogen-bond acceptors (Lipinski definition) is 5. The minimum absolute atomic E-state index is 0.335. The summed E-state index contributed by atoms with van der Waals surface area (Å²) in [5.74, 6) is 1.13. The fourth-order valence-electron chi connectivity index (χ4n) is 2.33. The Morgan fingerprint density at radius 3 is 2.39 bits per heavy atom. The van der Waals surface area contributed by atoms with Gasteiger partial charge in [-0.15, -0.1) is 0 Å². The average molecular weight is 315 g/mol. The Balaban J connectivity index is 2.20. The van der Waals surface area contributed by atoms with Crippen molar-refractivity contribution in [3.05, 3.63) is 59.7 Å². The molecule has 1 atom stereocenters. The molecule has 1 unspecified atom stereocenters. The summed E-state index contributed by atoms with van der Waals surface area (Å²) >= 11 is 0. The number of nitrogens with one attached hydrogen (secondary N) is 1. The smallest absolute Gasteiger partial charge is 0.327 e. The van der Waals surface area contributed by atoms with Crippen LogP contribution in [-0.4, -0.2) is 27.3 Å². The van der Waals surface area contributed by atoms with Crippen LogP contribution in [0.15, 0.2) is 48.5 Å². The Morgan fingerprint density at radius 1 is 1.04 bits per heavy atom. The van der Waals surface area contributed by atoms with Crippen molar-refractivity contribution in [2.45, 2.75) is 12.6 Å². The first-order valence-electron chi connectivity index (χ1n) is 7.26. The summed E-state index contributed by atoms with van der Waals surface area (Å²) in [6, 6.07) is 14.5. The second kappa shape index (κ2) is 8.19. The lowest BCUT2D eigenvalue weighted by molar-refractivity contribution is -0.143. The summed E-state index contributed by atoms with van der Waals surface area (Å²) in [4.78, 5) is 12.1. The third-order valence-corrected chi connectivity index (χ3v) is 3.55. The van der Waals surface area contributed by atoms with Crippen LogP contribution in [-0.2, 0) is 16.1 Å². The largest absolute Gasteiger partial charge is 0.497 e. The van der Waals surface area contributed by atoms with Crippen molar-refractivity contribution in [2.75, 3.05) is 21.3 Å². The number of ether oxygens (including phenoxy) is 3. The van der Waals surface area contributed by atoms with Gasteiger partial charge >= 0.3 is 5.97 Å². The molecule has 1 N–H and O–H groups in total. The van der Waals surface area contributed by atoms with Gasteiger partial charge in [-0.1, -0.05) is 30.3 Å². The molecule has 0 spiro atoms. The molecule has 122 valence electrons. The maximum atomic E-state index is 12.1. The summed E-state index contributed by atoms with van der Waals surface area (Å²) in [5.41, 5.74) is 1.75. The van der Waals surface area contributed by atoms with E-state index < -0.39 is 6.04 Å². The summed E-state index contributed by atoms with van der Waals surface area (Å²) in [6.45, 7) is 0.440. The van der Waals surface area contributed by atoms with E-state index in [0.717, 1.165) is 22.6 Å². The van der Waals surface area contributed by atoms with E-state index in [1.807, 2.05) is 48.5 Å². The number of rotatable bonds is 7. The molecule has 0 saturated carbocycles. The molecule has 2 aromatic rings. The molecule has 0 aliphatic heterocycles. The molecule has 0 fully saturated rings. The zero-order chi connectivity index (χ0) is 16.7. The van der Waals surface area contributed by atoms with Crippen LogP contribution in [0.3, 0.4) is 0 Å². The minimum Gasteiger partial charge on any atom is -0.497 e. The summed E-state index contributed by atoms with van der Waals surface area (Å²) < 4.78 is 15.5. The SMILES string of the molecule is COC(=O)C(NCc1cc(OC)ccc1OC)c1ccccc1. The molecule has 0 aliphatic carbocycles. The summed E-state index contributed by atoms with van der Waals surface area (Å²) in [7, 11) is 4.60. The van der Waals surface area contributed by atoms with Crippen LogP contribution in [0, 0.1) is 0 Å². The molecule has 0 heterocycles. The molecule has 0 radical (unpaired) electrons. The number of benzene rings is 2. The minimum atomic E-state index is -0.544. The van der Waals surface area contributed by atoms with E-state index in [0.29, 0.717) is 6.54 Å². The van der Waals surface area contributed by atoms with E-state index in [-0.39, 0.29) is 5.97 Å². The second-order valence-corrected chi connectivity index (χ2v) is 4.93. The zero-order valence-electron chi connectivity index (χ0n) is 13.5. The highest BCUT2D eigenvalue weighted by atomic mass is 16.5.